The Morgan fingerprint density at radius 3 is 2.56 bits per heavy atom. The van der Waals surface area contributed by atoms with Crippen molar-refractivity contribution in [2.45, 2.75) is 26.8 Å². The van der Waals surface area contributed by atoms with Gasteiger partial charge in [-0.2, -0.15) is 0 Å². The second kappa shape index (κ2) is 5.55. The van der Waals surface area contributed by atoms with Gasteiger partial charge in [-0.15, -0.1) is 0 Å². The summed E-state index contributed by atoms with van der Waals surface area (Å²) in [7, 11) is 0. The standard InChI is InChI=1S/C14H22ClN3/c1-14(2,3)13(18-8-6-16-7-9-18)11-4-5-17-10-12(11)15/h4-5,10,13,16H,6-9H2,1-3H3/t13-/m0/s1. The molecule has 1 aliphatic rings. The molecular formula is C14H22ClN3. The maximum absolute atomic E-state index is 6.34. The third-order valence-electron chi connectivity index (χ3n) is 3.44. The lowest BCUT2D eigenvalue weighted by atomic mass is 9.81. The number of piperazine rings is 1. The first kappa shape index (κ1) is 13.8. The van der Waals surface area contributed by atoms with E-state index >= 15 is 0 Å². The van der Waals surface area contributed by atoms with Gasteiger partial charge in [0.2, 0.25) is 0 Å². The largest absolute Gasteiger partial charge is 0.314 e. The second-order valence-electron chi connectivity index (χ2n) is 5.95. The molecule has 1 aliphatic heterocycles. The highest BCUT2D eigenvalue weighted by molar-refractivity contribution is 6.31. The Morgan fingerprint density at radius 2 is 2.00 bits per heavy atom. The SMILES string of the molecule is CC(C)(C)[C@H](c1ccncc1Cl)N1CCNCC1. The predicted octanol–water partition coefficient (Wildman–Crippen LogP) is 2.73. The van der Waals surface area contributed by atoms with Gasteiger partial charge in [0, 0.05) is 44.6 Å². The molecule has 0 amide bonds. The molecule has 18 heavy (non-hydrogen) atoms. The minimum absolute atomic E-state index is 0.155. The van der Waals surface area contributed by atoms with Gasteiger partial charge in [-0.25, -0.2) is 0 Å². The van der Waals surface area contributed by atoms with Crippen LogP contribution in [0.25, 0.3) is 0 Å². The number of nitrogens with zero attached hydrogens (tertiary/aromatic N) is 2. The van der Waals surface area contributed by atoms with Gasteiger partial charge < -0.3 is 5.32 Å². The molecular weight excluding hydrogens is 246 g/mol. The first-order chi connectivity index (χ1) is 8.50. The molecule has 1 aromatic heterocycles. The van der Waals surface area contributed by atoms with Crippen molar-refractivity contribution in [1.82, 2.24) is 15.2 Å². The highest BCUT2D eigenvalue weighted by Gasteiger charge is 2.33. The van der Waals surface area contributed by atoms with Crippen LogP contribution in [0.15, 0.2) is 18.5 Å². The third-order valence-corrected chi connectivity index (χ3v) is 3.75. The number of aromatic nitrogens is 1. The summed E-state index contributed by atoms with van der Waals surface area (Å²) in [6, 6.07) is 2.40. The minimum Gasteiger partial charge on any atom is -0.314 e. The number of nitrogens with one attached hydrogen (secondary N) is 1. The number of hydrogen-bond donors (Lipinski definition) is 1. The van der Waals surface area contributed by atoms with Crippen molar-refractivity contribution in [3.05, 3.63) is 29.0 Å². The molecule has 0 unspecified atom stereocenters. The molecule has 0 saturated carbocycles. The second-order valence-corrected chi connectivity index (χ2v) is 6.36. The van der Waals surface area contributed by atoms with Gasteiger partial charge in [-0.05, 0) is 17.0 Å². The van der Waals surface area contributed by atoms with Gasteiger partial charge in [0.15, 0.2) is 0 Å². The van der Waals surface area contributed by atoms with Crippen molar-refractivity contribution in [3.8, 4) is 0 Å². The van der Waals surface area contributed by atoms with E-state index in [0.717, 1.165) is 31.2 Å². The summed E-state index contributed by atoms with van der Waals surface area (Å²) >= 11 is 6.34. The Morgan fingerprint density at radius 1 is 1.33 bits per heavy atom. The predicted molar refractivity (Wildman–Crippen MR) is 75.9 cm³/mol. The Hall–Kier alpha value is -0.640. The van der Waals surface area contributed by atoms with Crippen LogP contribution in [0.5, 0.6) is 0 Å². The fraction of sp³-hybridized carbons (Fsp3) is 0.643. The normalized spacial score (nSPS) is 19.8. The van der Waals surface area contributed by atoms with E-state index in [9.17, 15) is 0 Å². The molecule has 4 heteroatoms. The third kappa shape index (κ3) is 3.02. The van der Waals surface area contributed by atoms with E-state index in [1.165, 1.54) is 5.56 Å². The van der Waals surface area contributed by atoms with Crippen molar-refractivity contribution in [1.29, 1.82) is 0 Å². The molecule has 1 atom stereocenters. The molecule has 0 spiro atoms. The van der Waals surface area contributed by atoms with Crippen LogP contribution in [0.2, 0.25) is 5.02 Å². The molecule has 0 aromatic carbocycles. The summed E-state index contributed by atoms with van der Waals surface area (Å²) < 4.78 is 0. The van der Waals surface area contributed by atoms with E-state index in [1.54, 1.807) is 6.20 Å². The zero-order valence-corrected chi connectivity index (χ0v) is 12.2. The van der Waals surface area contributed by atoms with Gasteiger partial charge in [-0.1, -0.05) is 32.4 Å². The molecule has 0 bridgehead atoms. The van der Waals surface area contributed by atoms with Crippen LogP contribution in [-0.4, -0.2) is 36.1 Å². The minimum atomic E-state index is 0.155. The Bertz CT molecular complexity index is 394. The van der Waals surface area contributed by atoms with Crippen LogP contribution in [0.3, 0.4) is 0 Å². The van der Waals surface area contributed by atoms with Crippen molar-refractivity contribution in [2.24, 2.45) is 5.41 Å². The fourth-order valence-electron chi connectivity index (χ4n) is 2.76. The molecule has 3 nitrogen and oxygen atoms in total. The molecule has 100 valence electrons. The lowest BCUT2D eigenvalue weighted by molar-refractivity contribution is 0.0862. The molecule has 0 aliphatic carbocycles. The van der Waals surface area contributed by atoms with E-state index in [4.69, 9.17) is 11.6 Å². The Balaban J connectivity index is 2.34. The number of pyridine rings is 1. The first-order valence-electron chi connectivity index (χ1n) is 6.54. The van der Waals surface area contributed by atoms with E-state index in [1.807, 2.05) is 6.20 Å². The van der Waals surface area contributed by atoms with Crippen molar-refractivity contribution >= 4 is 11.6 Å². The monoisotopic (exact) mass is 267 g/mol. The van der Waals surface area contributed by atoms with Crippen LogP contribution in [0, 0.1) is 5.41 Å². The van der Waals surface area contributed by atoms with Gasteiger partial charge >= 0.3 is 0 Å². The van der Waals surface area contributed by atoms with Gasteiger partial charge in [0.25, 0.3) is 0 Å². The van der Waals surface area contributed by atoms with Crippen LogP contribution >= 0.6 is 11.6 Å². The average Bonchev–Trinajstić information content (AvgIpc) is 2.32. The molecule has 0 radical (unpaired) electrons. The van der Waals surface area contributed by atoms with Crippen molar-refractivity contribution < 1.29 is 0 Å². The highest BCUT2D eigenvalue weighted by Crippen LogP contribution is 2.40. The van der Waals surface area contributed by atoms with E-state index in [-0.39, 0.29) is 5.41 Å². The summed E-state index contributed by atoms with van der Waals surface area (Å²) in [6.07, 6.45) is 3.58. The zero-order valence-electron chi connectivity index (χ0n) is 11.4. The maximum Gasteiger partial charge on any atom is 0.0637 e. The van der Waals surface area contributed by atoms with Crippen LogP contribution < -0.4 is 5.32 Å². The number of rotatable bonds is 2. The topological polar surface area (TPSA) is 28.2 Å². The molecule has 2 heterocycles. The zero-order chi connectivity index (χ0) is 13.2. The quantitative estimate of drug-likeness (QED) is 0.893. The van der Waals surface area contributed by atoms with Crippen LogP contribution in [-0.2, 0) is 0 Å². The summed E-state index contributed by atoms with van der Waals surface area (Å²) in [5.74, 6) is 0. The summed E-state index contributed by atoms with van der Waals surface area (Å²) in [5.41, 5.74) is 1.35. The van der Waals surface area contributed by atoms with Gasteiger partial charge in [-0.3, -0.25) is 9.88 Å². The maximum atomic E-state index is 6.34. The summed E-state index contributed by atoms with van der Waals surface area (Å²) in [6.45, 7) is 11.1. The molecule has 2 rings (SSSR count). The van der Waals surface area contributed by atoms with Gasteiger partial charge in [0.1, 0.15) is 0 Å². The van der Waals surface area contributed by atoms with E-state index < -0.39 is 0 Å². The lowest BCUT2D eigenvalue weighted by Crippen LogP contribution is -2.48. The lowest BCUT2D eigenvalue weighted by Gasteiger charge is -2.42. The van der Waals surface area contributed by atoms with Crippen molar-refractivity contribution in [3.63, 3.8) is 0 Å². The van der Waals surface area contributed by atoms with E-state index in [2.05, 4.69) is 42.0 Å². The summed E-state index contributed by atoms with van der Waals surface area (Å²) in [4.78, 5) is 6.62. The van der Waals surface area contributed by atoms with Crippen LogP contribution in [0.1, 0.15) is 32.4 Å². The average molecular weight is 268 g/mol. The summed E-state index contributed by atoms with van der Waals surface area (Å²) in [5, 5.41) is 4.17. The van der Waals surface area contributed by atoms with Crippen LogP contribution in [0.4, 0.5) is 0 Å². The fourth-order valence-corrected chi connectivity index (χ4v) is 2.98. The molecule has 1 fully saturated rings. The Kier molecular flexibility index (Phi) is 4.25. The molecule has 1 aromatic rings. The first-order valence-corrected chi connectivity index (χ1v) is 6.92. The smallest absolute Gasteiger partial charge is 0.0637 e. The molecule has 1 N–H and O–H groups in total. The highest BCUT2D eigenvalue weighted by atomic mass is 35.5. The van der Waals surface area contributed by atoms with E-state index in [0.29, 0.717) is 6.04 Å². The number of hydrogen-bond acceptors (Lipinski definition) is 3. The van der Waals surface area contributed by atoms with Crippen molar-refractivity contribution in [2.75, 3.05) is 26.2 Å². The number of halogens is 1. The van der Waals surface area contributed by atoms with Gasteiger partial charge in [0.05, 0.1) is 5.02 Å². The Labute approximate surface area is 115 Å². The molecule has 1 saturated heterocycles.